The van der Waals surface area contributed by atoms with Crippen LogP contribution in [0.1, 0.15) is 27.8 Å². The van der Waals surface area contributed by atoms with Gasteiger partial charge in [-0.05, 0) is 48.6 Å². The first-order valence-corrected chi connectivity index (χ1v) is 6.64. The number of allylic oxidation sites excluding steroid dienone is 2. The Labute approximate surface area is 116 Å². The summed E-state index contributed by atoms with van der Waals surface area (Å²) < 4.78 is 0. The van der Waals surface area contributed by atoms with E-state index < -0.39 is 0 Å². The van der Waals surface area contributed by atoms with Crippen LogP contribution < -0.4 is 0 Å². The van der Waals surface area contributed by atoms with Gasteiger partial charge in [0, 0.05) is 0 Å². The predicted octanol–water partition coefficient (Wildman–Crippen LogP) is 5.34. The highest BCUT2D eigenvalue weighted by molar-refractivity contribution is 5.60. The highest BCUT2D eigenvalue weighted by atomic mass is 14.0. The normalized spacial score (nSPS) is 11.5. The molecule has 19 heavy (non-hydrogen) atoms. The number of aryl methyl sites for hydroxylation is 3. The minimum atomic E-state index is 1.23. The molecule has 96 valence electrons. The van der Waals surface area contributed by atoms with Crippen molar-refractivity contribution in [3.8, 4) is 0 Å². The third-order valence-corrected chi connectivity index (χ3v) is 3.36. The summed E-state index contributed by atoms with van der Waals surface area (Å²) in [6, 6.07) is 14.8. The lowest BCUT2D eigenvalue weighted by molar-refractivity contribution is 1.29. The van der Waals surface area contributed by atoms with E-state index in [2.05, 4.69) is 81.5 Å². The summed E-state index contributed by atoms with van der Waals surface area (Å²) >= 11 is 0. The molecule has 0 unspecified atom stereocenters. The molecule has 2 rings (SSSR count). The van der Waals surface area contributed by atoms with Crippen molar-refractivity contribution in [2.24, 2.45) is 0 Å². The fourth-order valence-electron chi connectivity index (χ4n) is 2.05. The summed E-state index contributed by atoms with van der Waals surface area (Å²) in [4.78, 5) is 0. The van der Waals surface area contributed by atoms with Crippen molar-refractivity contribution in [3.05, 3.63) is 82.4 Å². The quantitative estimate of drug-likeness (QED) is 0.643. The van der Waals surface area contributed by atoms with Gasteiger partial charge in [0.15, 0.2) is 0 Å². The van der Waals surface area contributed by atoms with Crippen LogP contribution in [-0.2, 0) is 0 Å². The largest absolute Gasteiger partial charge is 0.0622 e. The Kier molecular flexibility index (Phi) is 4.35. The first-order chi connectivity index (χ1) is 9.16. The molecule has 0 amide bonds. The summed E-state index contributed by atoms with van der Waals surface area (Å²) in [7, 11) is 0. The second-order valence-electron chi connectivity index (χ2n) is 4.92. The van der Waals surface area contributed by atoms with Gasteiger partial charge in [-0.2, -0.15) is 0 Å². The zero-order valence-corrected chi connectivity index (χ0v) is 11.9. The molecule has 0 aliphatic carbocycles. The zero-order chi connectivity index (χ0) is 13.7. The average Bonchev–Trinajstić information content (AvgIpc) is 2.41. The third-order valence-electron chi connectivity index (χ3n) is 3.36. The average molecular weight is 248 g/mol. The Morgan fingerprint density at radius 1 is 0.684 bits per heavy atom. The molecule has 0 bridgehead atoms. The van der Waals surface area contributed by atoms with Crippen LogP contribution in [0.15, 0.2) is 54.6 Å². The SMILES string of the molecule is Cc1cc(C)c(/C=C/C=C/c2ccccc2)cc1C. The van der Waals surface area contributed by atoms with E-state index in [1.54, 1.807) is 0 Å². The summed E-state index contributed by atoms with van der Waals surface area (Å²) in [5, 5.41) is 0. The van der Waals surface area contributed by atoms with Gasteiger partial charge in [0.05, 0.1) is 0 Å². The predicted molar refractivity (Wildman–Crippen MR) is 85.2 cm³/mol. The number of rotatable bonds is 3. The zero-order valence-electron chi connectivity index (χ0n) is 11.9. The Bertz CT molecular complexity index is 601. The molecule has 0 fully saturated rings. The summed E-state index contributed by atoms with van der Waals surface area (Å²) in [6.07, 6.45) is 8.47. The minimum Gasteiger partial charge on any atom is -0.0622 e. The molecule has 0 radical (unpaired) electrons. The van der Waals surface area contributed by atoms with Gasteiger partial charge in [0.1, 0.15) is 0 Å². The maximum absolute atomic E-state index is 2.25. The van der Waals surface area contributed by atoms with Gasteiger partial charge in [0.2, 0.25) is 0 Å². The van der Waals surface area contributed by atoms with Gasteiger partial charge in [-0.25, -0.2) is 0 Å². The Balaban J connectivity index is 2.11. The van der Waals surface area contributed by atoms with E-state index in [1.807, 2.05) is 6.07 Å². The maximum Gasteiger partial charge on any atom is -0.0225 e. The van der Waals surface area contributed by atoms with Gasteiger partial charge >= 0.3 is 0 Å². The molecule has 0 heteroatoms. The van der Waals surface area contributed by atoms with Crippen LogP contribution in [0.4, 0.5) is 0 Å². The number of hydrogen-bond acceptors (Lipinski definition) is 0. The van der Waals surface area contributed by atoms with E-state index in [9.17, 15) is 0 Å². The molecule has 2 aromatic carbocycles. The lowest BCUT2D eigenvalue weighted by Gasteiger charge is -2.05. The molecule has 0 aromatic heterocycles. The molecule has 0 nitrogen and oxygen atoms in total. The molecule has 0 aliphatic heterocycles. The molecular weight excluding hydrogens is 228 g/mol. The smallest absolute Gasteiger partial charge is 0.0225 e. The van der Waals surface area contributed by atoms with Crippen LogP contribution in [0.2, 0.25) is 0 Å². The molecule has 0 saturated heterocycles. The first-order valence-electron chi connectivity index (χ1n) is 6.64. The second-order valence-corrected chi connectivity index (χ2v) is 4.92. The highest BCUT2D eigenvalue weighted by Crippen LogP contribution is 2.16. The molecule has 0 atom stereocenters. The van der Waals surface area contributed by atoms with Crippen LogP contribution in [0.3, 0.4) is 0 Å². The van der Waals surface area contributed by atoms with Crippen LogP contribution in [0.5, 0.6) is 0 Å². The lowest BCUT2D eigenvalue weighted by Crippen LogP contribution is -1.86. The third kappa shape index (κ3) is 3.69. The summed E-state index contributed by atoms with van der Waals surface area (Å²) in [5.41, 5.74) is 6.55. The monoisotopic (exact) mass is 248 g/mol. The lowest BCUT2D eigenvalue weighted by atomic mass is 10.0. The molecule has 2 aromatic rings. The van der Waals surface area contributed by atoms with Crippen molar-refractivity contribution in [3.63, 3.8) is 0 Å². The van der Waals surface area contributed by atoms with Crippen LogP contribution >= 0.6 is 0 Å². The van der Waals surface area contributed by atoms with Gasteiger partial charge in [-0.15, -0.1) is 0 Å². The minimum absolute atomic E-state index is 1.23. The van der Waals surface area contributed by atoms with Crippen molar-refractivity contribution in [2.45, 2.75) is 20.8 Å². The summed E-state index contributed by atoms with van der Waals surface area (Å²) in [6.45, 7) is 6.48. The Morgan fingerprint density at radius 2 is 1.32 bits per heavy atom. The molecule has 0 aliphatic rings. The van der Waals surface area contributed by atoms with E-state index in [-0.39, 0.29) is 0 Å². The summed E-state index contributed by atoms with van der Waals surface area (Å²) in [5.74, 6) is 0. The van der Waals surface area contributed by atoms with Crippen molar-refractivity contribution < 1.29 is 0 Å². The highest BCUT2D eigenvalue weighted by Gasteiger charge is 1.97. The fraction of sp³-hybridized carbons (Fsp3) is 0.158. The van der Waals surface area contributed by atoms with Crippen molar-refractivity contribution in [1.82, 2.24) is 0 Å². The van der Waals surface area contributed by atoms with E-state index in [1.165, 1.54) is 27.8 Å². The number of hydrogen-bond donors (Lipinski definition) is 0. The van der Waals surface area contributed by atoms with E-state index in [0.717, 1.165) is 0 Å². The Hall–Kier alpha value is -2.08. The van der Waals surface area contributed by atoms with Crippen LogP contribution in [-0.4, -0.2) is 0 Å². The van der Waals surface area contributed by atoms with Crippen LogP contribution in [0.25, 0.3) is 12.2 Å². The van der Waals surface area contributed by atoms with Gasteiger partial charge in [0.25, 0.3) is 0 Å². The fourth-order valence-corrected chi connectivity index (χ4v) is 2.05. The van der Waals surface area contributed by atoms with Gasteiger partial charge < -0.3 is 0 Å². The van der Waals surface area contributed by atoms with E-state index >= 15 is 0 Å². The topological polar surface area (TPSA) is 0 Å². The van der Waals surface area contributed by atoms with Gasteiger partial charge in [-0.3, -0.25) is 0 Å². The first kappa shape index (κ1) is 13.4. The van der Waals surface area contributed by atoms with Crippen molar-refractivity contribution in [1.29, 1.82) is 0 Å². The molecule has 0 saturated carbocycles. The maximum atomic E-state index is 2.25. The standard InChI is InChI=1S/C19H20/c1-15-13-17(3)19(14-16(15)2)12-8-7-11-18-9-5-4-6-10-18/h4-14H,1-3H3/b11-7+,12-8+. The van der Waals surface area contributed by atoms with Crippen molar-refractivity contribution >= 4 is 12.2 Å². The van der Waals surface area contributed by atoms with Crippen molar-refractivity contribution in [2.75, 3.05) is 0 Å². The molecule has 0 heterocycles. The molecule has 0 spiro atoms. The number of benzene rings is 2. The Morgan fingerprint density at radius 3 is 2.05 bits per heavy atom. The van der Waals surface area contributed by atoms with E-state index in [0.29, 0.717) is 0 Å². The van der Waals surface area contributed by atoms with Crippen LogP contribution in [0, 0.1) is 20.8 Å². The van der Waals surface area contributed by atoms with Gasteiger partial charge in [-0.1, -0.05) is 66.8 Å². The molecule has 0 N–H and O–H groups in total. The second kappa shape index (κ2) is 6.19. The molecular formula is C19H20. The van der Waals surface area contributed by atoms with E-state index in [4.69, 9.17) is 0 Å².